The zero-order valence-corrected chi connectivity index (χ0v) is 17.6. The van der Waals surface area contributed by atoms with Crippen LogP contribution in [0.1, 0.15) is 11.1 Å². The van der Waals surface area contributed by atoms with Crippen molar-refractivity contribution in [2.45, 2.75) is 18.0 Å². The molecule has 5 nitrogen and oxygen atoms in total. The number of alkyl halides is 3. The van der Waals surface area contributed by atoms with Crippen molar-refractivity contribution in [3.63, 3.8) is 0 Å². The first-order valence-electron chi connectivity index (χ1n) is 9.82. The van der Waals surface area contributed by atoms with Crippen molar-refractivity contribution in [1.82, 2.24) is 0 Å². The van der Waals surface area contributed by atoms with Gasteiger partial charge in [0.25, 0.3) is 0 Å². The van der Waals surface area contributed by atoms with Gasteiger partial charge in [0.05, 0.1) is 29.3 Å². The van der Waals surface area contributed by atoms with Crippen LogP contribution < -0.4 is 9.04 Å². The zero-order chi connectivity index (χ0) is 22.8. The maximum absolute atomic E-state index is 13.8. The molecule has 1 aliphatic heterocycles. The third kappa shape index (κ3) is 5.23. The number of epoxide rings is 1. The van der Waals surface area contributed by atoms with Crippen molar-refractivity contribution in [3.05, 3.63) is 90.0 Å². The Labute approximate surface area is 184 Å². The van der Waals surface area contributed by atoms with E-state index in [0.29, 0.717) is 18.0 Å². The normalized spacial score (nSPS) is 15.9. The van der Waals surface area contributed by atoms with Crippen LogP contribution in [0.4, 0.5) is 24.5 Å². The molecule has 3 aromatic rings. The Hall–Kier alpha value is -3.04. The molecule has 32 heavy (non-hydrogen) atoms. The predicted octanol–water partition coefficient (Wildman–Crippen LogP) is 5.15. The van der Waals surface area contributed by atoms with Crippen LogP contribution in [0.25, 0.3) is 0 Å². The van der Waals surface area contributed by atoms with Crippen molar-refractivity contribution >= 4 is 21.4 Å². The number of hydrogen-bond acceptors (Lipinski definition) is 4. The van der Waals surface area contributed by atoms with Gasteiger partial charge in [0, 0.05) is 0 Å². The molecule has 1 fully saturated rings. The van der Waals surface area contributed by atoms with E-state index in [1.807, 2.05) is 0 Å². The number of sulfonamides is 1. The van der Waals surface area contributed by atoms with E-state index in [2.05, 4.69) is 0 Å². The lowest BCUT2D eigenvalue weighted by Gasteiger charge is -2.25. The summed E-state index contributed by atoms with van der Waals surface area (Å²) in [5.74, 6) is -0.825. The number of hydrogen-bond donors (Lipinski definition) is 0. The Morgan fingerprint density at radius 1 is 0.938 bits per heavy atom. The molecule has 0 amide bonds. The second-order valence-electron chi connectivity index (χ2n) is 7.27. The van der Waals surface area contributed by atoms with E-state index >= 15 is 0 Å². The number of rotatable bonds is 8. The minimum Gasteiger partial charge on any atom is -0.491 e. The molecule has 1 heterocycles. The van der Waals surface area contributed by atoms with Gasteiger partial charge in [-0.2, -0.15) is 13.2 Å². The lowest BCUT2D eigenvalue weighted by Crippen LogP contribution is -2.28. The summed E-state index contributed by atoms with van der Waals surface area (Å²) in [6.45, 7) is 0.655. The fraction of sp³-hybridized carbons (Fsp3) is 0.217. The molecule has 0 aliphatic carbocycles. The van der Waals surface area contributed by atoms with Crippen LogP contribution in [-0.4, -0.2) is 27.7 Å². The highest BCUT2D eigenvalue weighted by atomic mass is 32.2. The molecule has 1 atom stereocenters. The van der Waals surface area contributed by atoms with Gasteiger partial charge >= 0.3 is 6.18 Å². The maximum Gasteiger partial charge on any atom is 0.416 e. The molecule has 0 bridgehead atoms. The van der Waals surface area contributed by atoms with Gasteiger partial charge in [-0.3, -0.25) is 0 Å². The number of nitrogens with zero attached hydrogens (tertiary/aromatic N) is 1. The smallest absolute Gasteiger partial charge is 0.416 e. The second-order valence-corrected chi connectivity index (χ2v) is 9.09. The van der Waals surface area contributed by atoms with Crippen LogP contribution in [0, 0.1) is 0 Å². The van der Waals surface area contributed by atoms with Gasteiger partial charge in [-0.05, 0) is 42.0 Å². The van der Waals surface area contributed by atoms with Crippen molar-refractivity contribution in [2.75, 3.05) is 17.5 Å². The molecule has 0 saturated carbocycles. The Morgan fingerprint density at radius 2 is 1.50 bits per heavy atom. The van der Waals surface area contributed by atoms with Crippen LogP contribution in [0.3, 0.4) is 0 Å². The van der Waals surface area contributed by atoms with Gasteiger partial charge in [-0.1, -0.05) is 42.5 Å². The molecule has 0 spiro atoms. The van der Waals surface area contributed by atoms with Crippen LogP contribution in [0.2, 0.25) is 0 Å². The Balaban J connectivity index is 1.70. The van der Waals surface area contributed by atoms with Crippen LogP contribution in [0.15, 0.2) is 78.9 Å². The number of benzene rings is 3. The molecular weight excluding hydrogens is 443 g/mol. The summed E-state index contributed by atoms with van der Waals surface area (Å²) >= 11 is 0. The van der Waals surface area contributed by atoms with Crippen LogP contribution in [0.5, 0.6) is 5.75 Å². The third-order valence-electron chi connectivity index (χ3n) is 4.82. The Kier molecular flexibility index (Phi) is 6.12. The van der Waals surface area contributed by atoms with E-state index in [1.54, 1.807) is 60.7 Å². The monoisotopic (exact) mass is 463 g/mol. The van der Waals surface area contributed by atoms with E-state index in [0.717, 1.165) is 16.4 Å². The molecule has 4 rings (SSSR count). The van der Waals surface area contributed by atoms with E-state index in [-0.39, 0.29) is 24.0 Å². The molecule has 0 N–H and O–H groups in total. The molecule has 1 aliphatic rings. The van der Waals surface area contributed by atoms with E-state index in [4.69, 9.17) is 9.47 Å². The van der Waals surface area contributed by atoms with Gasteiger partial charge in [-0.25, -0.2) is 12.7 Å². The Morgan fingerprint density at radius 3 is 2.00 bits per heavy atom. The average molecular weight is 463 g/mol. The predicted molar refractivity (Wildman–Crippen MR) is 114 cm³/mol. The SMILES string of the molecule is O=S(=O)(Cc1ccc(OCC2CO2)cc1C(F)(F)F)N(c1ccccc1)c1ccccc1. The van der Waals surface area contributed by atoms with Crippen molar-refractivity contribution in [2.24, 2.45) is 0 Å². The van der Waals surface area contributed by atoms with Crippen molar-refractivity contribution in [3.8, 4) is 5.75 Å². The standard InChI is InChI=1S/C23H20F3NO4S/c24-23(25,26)22-13-20(30-14-21-15-31-21)12-11-17(22)16-32(28,29)27(18-7-3-1-4-8-18)19-9-5-2-6-10-19/h1-13,21H,14-16H2. The minimum atomic E-state index is -4.75. The molecule has 1 unspecified atom stereocenters. The first-order valence-corrected chi connectivity index (χ1v) is 11.4. The topological polar surface area (TPSA) is 59.1 Å². The summed E-state index contributed by atoms with van der Waals surface area (Å²) in [6, 6.07) is 19.8. The van der Waals surface area contributed by atoms with Crippen LogP contribution in [-0.2, 0) is 26.7 Å². The molecule has 1 saturated heterocycles. The van der Waals surface area contributed by atoms with Crippen LogP contribution >= 0.6 is 0 Å². The van der Waals surface area contributed by atoms with Crippen molar-refractivity contribution in [1.29, 1.82) is 0 Å². The summed E-state index contributed by atoms with van der Waals surface area (Å²) in [7, 11) is -4.22. The highest BCUT2D eigenvalue weighted by Gasteiger charge is 2.36. The van der Waals surface area contributed by atoms with Gasteiger partial charge in [0.2, 0.25) is 10.0 Å². The third-order valence-corrected chi connectivity index (χ3v) is 6.48. The van der Waals surface area contributed by atoms with Gasteiger partial charge < -0.3 is 9.47 Å². The van der Waals surface area contributed by atoms with E-state index in [1.165, 1.54) is 6.07 Å². The van der Waals surface area contributed by atoms with Gasteiger partial charge in [0.15, 0.2) is 0 Å². The second kappa shape index (κ2) is 8.84. The summed E-state index contributed by atoms with van der Waals surface area (Å²) in [5.41, 5.74) is -0.742. The lowest BCUT2D eigenvalue weighted by molar-refractivity contribution is -0.138. The molecule has 0 aromatic heterocycles. The summed E-state index contributed by atoms with van der Waals surface area (Å²) in [6.07, 6.45) is -4.86. The van der Waals surface area contributed by atoms with Gasteiger partial charge in [0.1, 0.15) is 18.5 Å². The molecule has 3 aromatic carbocycles. The molecule has 0 radical (unpaired) electrons. The fourth-order valence-electron chi connectivity index (χ4n) is 3.25. The lowest BCUT2D eigenvalue weighted by atomic mass is 10.1. The largest absolute Gasteiger partial charge is 0.491 e. The fourth-order valence-corrected chi connectivity index (χ4v) is 4.91. The molecule has 9 heteroatoms. The zero-order valence-electron chi connectivity index (χ0n) is 16.8. The quantitative estimate of drug-likeness (QED) is 0.434. The van der Waals surface area contributed by atoms with Crippen molar-refractivity contribution < 1.29 is 31.1 Å². The average Bonchev–Trinajstić information content (AvgIpc) is 3.58. The highest BCUT2D eigenvalue weighted by molar-refractivity contribution is 7.92. The number of anilines is 2. The Bertz CT molecular complexity index is 1130. The first kappa shape index (κ1) is 22.2. The summed E-state index contributed by atoms with van der Waals surface area (Å²) in [4.78, 5) is 0. The molecular formula is C23H20F3NO4S. The number of halogens is 3. The molecule has 168 valence electrons. The number of ether oxygens (including phenoxy) is 2. The first-order chi connectivity index (χ1) is 15.2. The summed E-state index contributed by atoms with van der Waals surface area (Å²) in [5, 5.41) is 0. The van der Waals surface area contributed by atoms with E-state index < -0.39 is 27.5 Å². The number of para-hydroxylation sites is 2. The maximum atomic E-state index is 13.8. The summed E-state index contributed by atoms with van der Waals surface area (Å²) < 4.78 is 79.5. The van der Waals surface area contributed by atoms with Gasteiger partial charge in [-0.15, -0.1) is 0 Å². The van der Waals surface area contributed by atoms with E-state index in [9.17, 15) is 21.6 Å². The highest BCUT2D eigenvalue weighted by Crippen LogP contribution is 2.37. The minimum absolute atomic E-state index is 0.0111.